The van der Waals surface area contributed by atoms with E-state index in [-0.39, 0.29) is 5.91 Å². The maximum absolute atomic E-state index is 11.9. The van der Waals surface area contributed by atoms with Crippen molar-refractivity contribution in [2.24, 2.45) is 11.0 Å². The number of carbonyl (C=O) groups is 1. The van der Waals surface area contributed by atoms with Gasteiger partial charge in [0.1, 0.15) is 0 Å². The first kappa shape index (κ1) is 13.1. The molecule has 0 saturated heterocycles. The number of carbonyl (C=O) groups excluding carboxylic acids is 1. The molecular formula is C14H17ClN2O. The molecular weight excluding hydrogens is 248 g/mol. The summed E-state index contributed by atoms with van der Waals surface area (Å²) >= 11 is 5.95. The van der Waals surface area contributed by atoms with Gasteiger partial charge in [-0.1, -0.05) is 30.7 Å². The van der Waals surface area contributed by atoms with Gasteiger partial charge in [-0.3, -0.25) is 4.79 Å². The van der Waals surface area contributed by atoms with E-state index in [2.05, 4.69) is 17.5 Å². The Labute approximate surface area is 112 Å². The van der Waals surface area contributed by atoms with Crippen molar-refractivity contribution in [1.29, 1.82) is 0 Å². The minimum atomic E-state index is -0.244. The fraction of sp³-hybridized carbons (Fsp3) is 0.429. The summed E-state index contributed by atoms with van der Waals surface area (Å²) in [6.07, 6.45) is 4.36. The molecule has 1 aromatic carbocycles. The van der Waals surface area contributed by atoms with Crippen molar-refractivity contribution in [2.45, 2.75) is 32.6 Å². The Kier molecular flexibility index (Phi) is 4.37. The van der Waals surface area contributed by atoms with E-state index in [1.807, 2.05) is 0 Å². The van der Waals surface area contributed by atoms with E-state index in [1.54, 1.807) is 24.3 Å². The van der Waals surface area contributed by atoms with Gasteiger partial charge in [0.2, 0.25) is 0 Å². The van der Waals surface area contributed by atoms with Gasteiger partial charge in [-0.15, -0.1) is 0 Å². The average molecular weight is 265 g/mol. The average Bonchev–Trinajstić information content (AvgIpc) is 2.37. The number of rotatable bonds is 2. The molecule has 0 bridgehead atoms. The molecule has 0 radical (unpaired) electrons. The highest BCUT2D eigenvalue weighted by Crippen LogP contribution is 2.21. The van der Waals surface area contributed by atoms with E-state index in [1.165, 1.54) is 6.42 Å². The summed E-state index contributed by atoms with van der Waals surface area (Å²) < 4.78 is 0. The van der Waals surface area contributed by atoms with Crippen LogP contribution in [0.4, 0.5) is 0 Å². The number of benzene rings is 1. The lowest BCUT2D eigenvalue weighted by Crippen LogP contribution is -2.22. The summed E-state index contributed by atoms with van der Waals surface area (Å²) in [4.78, 5) is 11.9. The largest absolute Gasteiger partial charge is 0.272 e. The second kappa shape index (κ2) is 6.01. The molecule has 1 aliphatic rings. The molecule has 2 rings (SSSR count). The summed E-state index contributed by atoms with van der Waals surface area (Å²) in [6.45, 7) is 2.21. The molecule has 1 atom stereocenters. The van der Waals surface area contributed by atoms with Gasteiger partial charge < -0.3 is 0 Å². The number of amides is 1. The molecule has 1 N–H and O–H groups in total. The molecule has 0 heterocycles. The molecule has 0 unspecified atom stereocenters. The molecule has 0 spiro atoms. The number of hydrogen-bond donors (Lipinski definition) is 1. The van der Waals surface area contributed by atoms with Crippen molar-refractivity contribution >= 4 is 23.2 Å². The summed E-state index contributed by atoms with van der Waals surface area (Å²) in [5.41, 5.74) is 4.14. The van der Waals surface area contributed by atoms with Crippen LogP contribution in [0.3, 0.4) is 0 Å². The van der Waals surface area contributed by atoms with Crippen LogP contribution in [0, 0.1) is 5.92 Å². The zero-order valence-electron chi connectivity index (χ0n) is 10.4. The molecule has 1 aromatic rings. The van der Waals surface area contributed by atoms with Crippen molar-refractivity contribution in [1.82, 2.24) is 5.43 Å². The van der Waals surface area contributed by atoms with Crippen molar-refractivity contribution in [2.75, 3.05) is 0 Å². The zero-order chi connectivity index (χ0) is 13.0. The number of hydrazone groups is 1. The van der Waals surface area contributed by atoms with Crippen LogP contribution in [0.25, 0.3) is 0 Å². The number of nitrogens with zero attached hydrogens (tertiary/aromatic N) is 1. The van der Waals surface area contributed by atoms with Crippen molar-refractivity contribution in [3.8, 4) is 0 Å². The maximum atomic E-state index is 11.9. The van der Waals surface area contributed by atoms with Gasteiger partial charge in [0.25, 0.3) is 5.91 Å². The van der Waals surface area contributed by atoms with Gasteiger partial charge in [0.15, 0.2) is 0 Å². The topological polar surface area (TPSA) is 41.5 Å². The van der Waals surface area contributed by atoms with Crippen LogP contribution in [0.2, 0.25) is 5.02 Å². The first-order valence-corrected chi connectivity index (χ1v) is 6.65. The Morgan fingerprint density at radius 1 is 1.44 bits per heavy atom. The third kappa shape index (κ3) is 3.33. The minimum Gasteiger partial charge on any atom is -0.267 e. The van der Waals surface area contributed by atoms with Gasteiger partial charge in [-0.05, 0) is 43.7 Å². The smallest absolute Gasteiger partial charge is 0.267 e. The third-order valence-electron chi connectivity index (χ3n) is 3.18. The quantitative estimate of drug-likeness (QED) is 0.814. The highest BCUT2D eigenvalue weighted by atomic mass is 35.5. The van der Waals surface area contributed by atoms with Crippen LogP contribution in [0.1, 0.15) is 43.0 Å². The normalized spacial score (nSPS) is 21.9. The van der Waals surface area contributed by atoms with Crippen molar-refractivity contribution in [3.63, 3.8) is 0 Å². The Morgan fingerprint density at radius 3 is 2.94 bits per heavy atom. The lowest BCUT2D eigenvalue weighted by Gasteiger charge is -2.18. The SMILES string of the molecule is C[C@H]1CCCC(=NNC(=O)c2ccccc2Cl)C1. The molecule has 18 heavy (non-hydrogen) atoms. The first-order chi connectivity index (χ1) is 8.66. The van der Waals surface area contributed by atoms with E-state index in [0.29, 0.717) is 16.5 Å². The third-order valence-corrected chi connectivity index (χ3v) is 3.51. The monoisotopic (exact) mass is 264 g/mol. The van der Waals surface area contributed by atoms with Crippen LogP contribution in [-0.4, -0.2) is 11.6 Å². The van der Waals surface area contributed by atoms with Crippen molar-refractivity contribution < 1.29 is 4.79 Å². The Hall–Kier alpha value is -1.35. The van der Waals surface area contributed by atoms with E-state index >= 15 is 0 Å². The lowest BCUT2D eigenvalue weighted by molar-refractivity contribution is 0.0954. The zero-order valence-corrected chi connectivity index (χ0v) is 11.2. The number of hydrogen-bond acceptors (Lipinski definition) is 2. The summed E-state index contributed by atoms with van der Waals surface area (Å²) in [5.74, 6) is 0.418. The molecule has 1 saturated carbocycles. The van der Waals surface area contributed by atoms with E-state index in [0.717, 1.165) is 25.0 Å². The summed E-state index contributed by atoms with van der Waals surface area (Å²) in [6, 6.07) is 6.98. The van der Waals surface area contributed by atoms with E-state index < -0.39 is 0 Å². The standard InChI is InChI=1S/C14H17ClN2O/c1-10-5-4-6-11(9-10)16-17-14(18)12-7-2-3-8-13(12)15/h2-3,7-8,10H,4-6,9H2,1H3,(H,17,18)/t10-/m0/s1. The summed E-state index contributed by atoms with van der Waals surface area (Å²) in [7, 11) is 0. The minimum absolute atomic E-state index is 0.244. The van der Waals surface area contributed by atoms with Crippen molar-refractivity contribution in [3.05, 3.63) is 34.9 Å². The highest BCUT2D eigenvalue weighted by Gasteiger charge is 2.15. The van der Waals surface area contributed by atoms with E-state index in [9.17, 15) is 4.79 Å². The van der Waals surface area contributed by atoms with Crippen LogP contribution in [0.5, 0.6) is 0 Å². The van der Waals surface area contributed by atoms with Gasteiger partial charge in [-0.2, -0.15) is 5.10 Å². The van der Waals surface area contributed by atoms with Crippen LogP contribution >= 0.6 is 11.6 Å². The Bertz CT molecular complexity index is 471. The molecule has 1 amide bonds. The Morgan fingerprint density at radius 2 is 2.22 bits per heavy atom. The number of halogens is 1. The number of nitrogens with one attached hydrogen (secondary N) is 1. The fourth-order valence-electron chi connectivity index (χ4n) is 2.20. The fourth-order valence-corrected chi connectivity index (χ4v) is 2.42. The van der Waals surface area contributed by atoms with Gasteiger partial charge >= 0.3 is 0 Å². The molecule has 3 nitrogen and oxygen atoms in total. The second-order valence-electron chi connectivity index (χ2n) is 4.80. The second-order valence-corrected chi connectivity index (χ2v) is 5.21. The molecule has 0 aliphatic heterocycles. The highest BCUT2D eigenvalue weighted by molar-refractivity contribution is 6.33. The van der Waals surface area contributed by atoms with Gasteiger partial charge in [0, 0.05) is 5.71 Å². The summed E-state index contributed by atoms with van der Waals surface area (Å²) in [5, 5.41) is 4.66. The predicted molar refractivity (Wildman–Crippen MR) is 74.0 cm³/mol. The van der Waals surface area contributed by atoms with Crippen LogP contribution in [0.15, 0.2) is 29.4 Å². The molecule has 4 heteroatoms. The molecule has 96 valence electrons. The molecule has 1 fully saturated rings. The molecule has 0 aromatic heterocycles. The van der Waals surface area contributed by atoms with Crippen LogP contribution < -0.4 is 5.43 Å². The van der Waals surface area contributed by atoms with Crippen LogP contribution in [-0.2, 0) is 0 Å². The van der Waals surface area contributed by atoms with Gasteiger partial charge in [-0.25, -0.2) is 5.43 Å². The lowest BCUT2D eigenvalue weighted by atomic mass is 9.89. The van der Waals surface area contributed by atoms with Gasteiger partial charge in [0.05, 0.1) is 10.6 Å². The predicted octanol–water partition coefficient (Wildman–Crippen LogP) is 3.64. The first-order valence-electron chi connectivity index (χ1n) is 6.27. The Balaban J connectivity index is 2.00. The van der Waals surface area contributed by atoms with E-state index in [4.69, 9.17) is 11.6 Å². The molecule has 1 aliphatic carbocycles. The maximum Gasteiger partial charge on any atom is 0.272 e.